The van der Waals surface area contributed by atoms with Gasteiger partial charge in [-0.25, -0.2) is 9.97 Å². The van der Waals surface area contributed by atoms with Crippen LogP contribution in [0.1, 0.15) is 27.3 Å². The molecule has 0 saturated carbocycles. The van der Waals surface area contributed by atoms with E-state index in [-0.39, 0.29) is 5.91 Å². The molecule has 0 aliphatic heterocycles. The minimum Gasteiger partial charge on any atom is -0.348 e. The molecule has 2 N–H and O–H groups in total. The van der Waals surface area contributed by atoms with Gasteiger partial charge in [0.1, 0.15) is 0 Å². The minimum atomic E-state index is -0.170. The van der Waals surface area contributed by atoms with Gasteiger partial charge >= 0.3 is 0 Å². The fraction of sp³-hybridized carbons (Fsp3) is 0.158. The second-order valence-corrected chi connectivity index (χ2v) is 5.69. The number of hydrogen-bond acceptors (Lipinski definition) is 5. The summed E-state index contributed by atoms with van der Waals surface area (Å²) in [6.45, 7) is 4.24. The molecule has 6 nitrogen and oxygen atoms in total. The van der Waals surface area contributed by atoms with Crippen molar-refractivity contribution in [3.05, 3.63) is 77.4 Å². The first-order chi connectivity index (χ1) is 12.1. The topological polar surface area (TPSA) is 79.8 Å². The van der Waals surface area contributed by atoms with Crippen LogP contribution in [0.5, 0.6) is 0 Å². The van der Waals surface area contributed by atoms with Crippen LogP contribution in [0.4, 0.5) is 11.6 Å². The van der Waals surface area contributed by atoms with Crippen molar-refractivity contribution in [1.29, 1.82) is 0 Å². The number of carbonyl (C=O) groups is 1. The third-order valence-corrected chi connectivity index (χ3v) is 3.58. The van der Waals surface area contributed by atoms with Gasteiger partial charge in [0.2, 0.25) is 5.95 Å². The standard InChI is InChI=1S/C19H19N5O/c1-13-10-14(2)23-19(22-13)24-17-8-4-3-7-16(17)18(25)21-12-15-6-5-9-20-11-15/h3-11H,12H2,1-2H3,(H,21,25)(H,22,23,24). The molecule has 6 heteroatoms. The van der Waals surface area contributed by atoms with Crippen molar-refractivity contribution in [2.24, 2.45) is 0 Å². The van der Waals surface area contributed by atoms with Crippen LogP contribution in [0.15, 0.2) is 54.9 Å². The van der Waals surface area contributed by atoms with Crippen LogP contribution in [0.3, 0.4) is 0 Å². The average Bonchev–Trinajstić information content (AvgIpc) is 2.60. The molecule has 0 aliphatic rings. The molecular formula is C19H19N5O. The van der Waals surface area contributed by atoms with Gasteiger partial charge in [-0.3, -0.25) is 9.78 Å². The summed E-state index contributed by atoms with van der Waals surface area (Å²) in [5.74, 6) is 0.307. The number of pyridine rings is 1. The van der Waals surface area contributed by atoms with Gasteiger partial charge in [-0.15, -0.1) is 0 Å². The van der Waals surface area contributed by atoms with E-state index in [2.05, 4.69) is 25.6 Å². The van der Waals surface area contributed by atoms with Gasteiger partial charge in [0, 0.05) is 30.3 Å². The maximum absolute atomic E-state index is 12.6. The molecule has 3 rings (SSSR count). The van der Waals surface area contributed by atoms with Crippen LogP contribution in [0, 0.1) is 13.8 Å². The monoisotopic (exact) mass is 333 g/mol. The Morgan fingerprint density at radius 1 is 1.04 bits per heavy atom. The van der Waals surface area contributed by atoms with Gasteiger partial charge in [-0.05, 0) is 43.7 Å². The van der Waals surface area contributed by atoms with Crippen LogP contribution in [0.2, 0.25) is 0 Å². The first-order valence-electron chi connectivity index (χ1n) is 7.97. The number of nitrogens with zero attached hydrogens (tertiary/aromatic N) is 3. The molecule has 2 aromatic heterocycles. The number of hydrogen-bond donors (Lipinski definition) is 2. The van der Waals surface area contributed by atoms with E-state index in [9.17, 15) is 4.79 Å². The Kier molecular flexibility index (Phi) is 4.99. The van der Waals surface area contributed by atoms with Crippen molar-refractivity contribution >= 4 is 17.5 Å². The molecule has 2 heterocycles. The molecular weight excluding hydrogens is 314 g/mol. The summed E-state index contributed by atoms with van der Waals surface area (Å²) < 4.78 is 0. The Morgan fingerprint density at radius 3 is 2.52 bits per heavy atom. The smallest absolute Gasteiger partial charge is 0.253 e. The predicted octanol–water partition coefficient (Wildman–Crippen LogP) is 3.16. The lowest BCUT2D eigenvalue weighted by molar-refractivity contribution is 0.0951. The molecule has 0 bridgehead atoms. The molecule has 0 unspecified atom stereocenters. The molecule has 0 saturated heterocycles. The number of carbonyl (C=O) groups excluding carboxylic acids is 1. The summed E-state index contributed by atoms with van der Waals surface area (Å²) in [6.07, 6.45) is 3.43. The number of para-hydroxylation sites is 1. The highest BCUT2D eigenvalue weighted by Gasteiger charge is 2.12. The Bertz CT molecular complexity index is 860. The van der Waals surface area contributed by atoms with Gasteiger partial charge in [0.25, 0.3) is 5.91 Å². The van der Waals surface area contributed by atoms with Crippen LogP contribution >= 0.6 is 0 Å². The molecule has 1 amide bonds. The Balaban J connectivity index is 1.77. The van der Waals surface area contributed by atoms with Crippen LogP contribution < -0.4 is 10.6 Å². The number of aromatic nitrogens is 3. The zero-order valence-electron chi connectivity index (χ0n) is 14.2. The van der Waals surface area contributed by atoms with Gasteiger partial charge in [0.05, 0.1) is 11.3 Å². The van der Waals surface area contributed by atoms with E-state index in [4.69, 9.17) is 0 Å². The number of anilines is 2. The summed E-state index contributed by atoms with van der Waals surface area (Å²) in [4.78, 5) is 25.3. The third-order valence-electron chi connectivity index (χ3n) is 3.58. The van der Waals surface area contributed by atoms with Crippen molar-refractivity contribution in [3.8, 4) is 0 Å². The second kappa shape index (κ2) is 7.53. The minimum absolute atomic E-state index is 0.170. The highest BCUT2D eigenvalue weighted by molar-refractivity contribution is 6.00. The highest BCUT2D eigenvalue weighted by atomic mass is 16.1. The lowest BCUT2D eigenvalue weighted by Crippen LogP contribution is -2.23. The third kappa shape index (κ3) is 4.38. The Morgan fingerprint density at radius 2 is 1.80 bits per heavy atom. The van der Waals surface area contributed by atoms with E-state index in [1.807, 2.05) is 50.2 Å². The van der Waals surface area contributed by atoms with E-state index in [0.717, 1.165) is 17.0 Å². The molecule has 25 heavy (non-hydrogen) atoms. The zero-order valence-corrected chi connectivity index (χ0v) is 14.2. The maximum atomic E-state index is 12.6. The van der Waals surface area contributed by atoms with E-state index >= 15 is 0 Å². The molecule has 0 spiro atoms. The highest BCUT2D eigenvalue weighted by Crippen LogP contribution is 2.19. The largest absolute Gasteiger partial charge is 0.348 e. The number of nitrogens with one attached hydrogen (secondary N) is 2. The Hall–Kier alpha value is -3.28. The van der Waals surface area contributed by atoms with E-state index < -0.39 is 0 Å². The summed E-state index contributed by atoms with van der Waals surface area (Å²) in [6, 6.07) is 13.0. The van der Waals surface area contributed by atoms with Crippen molar-refractivity contribution in [3.63, 3.8) is 0 Å². The molecule has 0 aliphatic carbocycles. The van der Waals surface area contributed by atoms with Crippen LogP contribution in [0.25, 0.3) is 0 Å². The van der Waals surface area contributed by atoms with Gasteiger partial charge in [-0.2, -0.15) is 0 Å². The van der Waals surface area contributed by atoms with E-state index in [1.54, 1.807) is 18.5 Å². The normalized spacial score (nSPS) is 10.3. The molecule has 0 atom stereocenters. The molecule has 0 fully saturated rings. The van der Waals surface area contributed by atoms with Crippen LogP contribution in [-0.2, 0) is 6.54 Å². The van der Waals surface area contributed by atoms with Gasteiger partial charge < -0.3 is 10.6 Å². The summed E-state index contributed by atoms with van der Waals surface area (Å²) in [7, 11) is 0. The number of rotatable bonds is 5. The quantitative estimate of drug-likeness (QED) is 0.750. The number of benzene rings is 1. The summed E-state index contributed by atoms with van der Waals surface area (Å²) in [5, 5.41) is 6.04. The fourth-order valence-electron chi connectivity index (χ4n) is 2.47. The number of amides is 1. The van der Waals surface area contributed by atoms with Crippen LogP contribution in [-0.4, -0.2) is 20.9 Å². The molecule has 126 valence electrons. The fourth-order valence-corrected chi connectivity index (χ4v) is 2.47. The molecule has 1 aromatic carbocycles. The summed E-state index contributed by atoms with van der Waals surface area (Å²) >= 11 is 0. The SMILES string of the molecule is Cc1cc(C)nc(Nc2ccccc2C(=O)NCc2cccnc2)n1. The maximum Gasteiger partial charge on any atom is 0.253 e. The lowest BCUT2D eigenvalue weighted by atomic mass is 10.1. The number of aryl methyl sites for hydroxylation is 2. The second-order valence-electron chi connectivity index (χ2n) is 5.69. The summed E-state index contributed by atoms with van der Waals surface area (Å²) in [5.41, 5.74) is 3.88. The van der Waals surface area contributed by atoms with Crippen molar-refractivity contribution in [2.75, 3.05) is 5.32 Å². The van der Waals surface area contributed by atoms with Crippen molar-refractivity contribution in [2.45, 2.75) is 20.4 Å². The predicted molar refractivity (Wildman–Crippen MR) is 96.6 cm³/mol. The molecule has 0 radical (unpaired) electrons. The Labute approximate surface area is 146 Å². The van der Waals surface area contributed by atoms with Crippen molar-refractivity contribution < 1.29 is 4.79 Å². The van der Waals surface area contributed by atoms with E-state index in [1.165, 1.54) is 0 Å². The van der Waals surface area contributed by atoms with E-state index in [0.29, 0.717) is 23.7 Å². The zero-order chi connectivity index (χ0) is 17.6. The van der Waals surface area contributed by atoms with Gasteiger partial charge in [-0.1, -0.05) is 18.2 Å². The molecule has 3 aromatic rings. The average molecular weight is 333 g/mol. The lowest BCUT2D eigenvalue weighted by Gasteiger charge is -2.12. The first-order valence-corrected chi connectivity index (χ1v) is 7.97. The first kappa shape index (κ1) is 16.6. The van der Waals surface area contributed by atoms with Crippen molar-refractivity contribution in [1.82, 2.24) is 20.3 Å². The van der Waals surface area contributed by atoms with Gasteiger partial charge in [0.15, 0.2) is 0 Å².